The Bertz CT molecular complexity index is 3320. The third kappa shape index (κ3) is 5.11. The monoisotopic (exact) mass is 807 g/mol. The first-order chi connectivity index (χ1) is 31.3. The van der Waals surface area contributed by atoms with Crippen LogP contribution in [0.3, 0.4) is 0 Å². The van der Waals surface area contributed by atoms with Gasteiger partial charge in [0.15, 0.2) is 0 Å². The molecule has 13 aromatic rings. The Labute approximate surface area is 359 Å². The van der Waals surface area contributed by atoms with Crippen LogP contribution in [0.15, 0.2) is 202 Å². The molecule has 6 heterocycles. The lowest BCUT2D eigenvalue weighted by Gasteiger charge is -2.30. The maximum atomic E-state index is 4.73. The Kier molecular flexibility index (Phi) is 7.70. The summed E-state index contributed by atoms with van der Waals surface area (Å²) in [5, 5.41) is 6.81. The van der Waals surface area contributed by atoms with Crippen LogP contribution in [-0.4, -0.2) is 43.6 Å². The van der Waals surface area contributed by atoms with Gasteiger partial charge in [-0.15, -0.1) is 0 Å². The molecule has 0 spiro atoms. The predicted molar refractivity (Wildman–Crippen MR) is 253 cm³/mol. The van der Waals surface area contributed by atoms with Crippen molar-refractivity contribution < 1.29 is 0 Å². The molecule has 0 N–H and O–H groups in total. The molecular formula is C54H33N9. The van der Waals surface area contributed by atoms with Crippen molar-refractivity contribution in [2.24, 2.45) is 0 Å². The number of nitrogens with zero attached hydrogens (tertiary/aromatic N) is 9. The highest BCUT2D eigenvalue weighted by molar-refractivity contribution is 6.17. The van der Waals surface area contributed by atoms with E-state index >= 15 is 0 Å². The Balaban J connectivity index is 1.42. The van der Waals surface area contributed by atoms with Gasteiger partial charge in [0, 0.05) is 103 Å². The standard InChI is InChI=1S/C54H33N9/c1-7-19-43-37(13-1)38-14-2-8-20-44(38)61(43)52-49(34-25-55-31-56-26-34)53(62-45-21-9-3-15-39(45)40-16-4-10-22-46(40)62)51(36-29-59-33-60-30-36)54(50(52)35-27-57-32-58-28-35)63-47-23-11-5-17-41(47)42-18-6-12-24-48(42)63/h1-33H. The van der Waals surface area contributed by atoms with E-state index in [-0.39, 0.29) is 0 Å². The summed E-state index contributed by atoms with van der Waals surface area (Å²) in [6, 6.07) is 51.9. The fourth-order valence-electron chi connectivity index (χ4n) is 9.98. The van der Waals surface area contributed by atoms with Crippen molar-refractivity contribution >= 4 is 65.4 Å². The molecule has 6 aromatic heterocycles. The van der Waals surface area contributed by atoms with E-state index in [1.54, 1.807) is 19.0 Å². The number of fused-ring (bicyclic) bond motifs is 9. The highest BCUT2D eigenvalue weighted by atomic mass is 15.1. The molecule has 13 rings (SSSR count). The molecule has 0 amide bonds. The van der Waals surface area contributed by atoms with Crippen molar-refractivity contribution in [3.05, 3.63) is 202 Å². The molecule has 9 nitrogen and oxygen atoms in total. The molecule has 7 aromatic carbocycles. The van der Waals surface area contributed by atoms with Crippen molar-refractivity contribution in [2.45, 2.75) is 0 Å². The minimum absolute atomic E-state index is 0.830. The van der Waals surface area contributed by atoms with E-state index in [1.807, 2.05) is 37.2 Å². The zero-order valence-electron chi connectivity index (χ0n) is 33.6. The van der Waals surface area contributed by atoms with Crippen LogP contribution in [0.1, 0.15) is 0 Å². The summed E-state index contributed by atoms with van der Waals surface area (Å²) in [7, 11) is 0. The van der Waals surface area contributed by atoms with Gasteiger partial charge >= 0.3 is 0 Å². The Morgan fingerprint density at radius 2 is 0.429 bits per heavy atom. The molecule has 0 unspecified atom stereocenters. The van der Waals surface area contributed by atoms with E-state index in [2.05, 4.69) is 159 Å². The number of rotatable bonds is 6. The molecule has 0 bridgehead atoms. The number of para-hydroxylation sites is 6. The van der Waals surface area contributed by atoms with Crippen LogP contribution in [0.5, 0.6) is 0 Å². The van der Waals surface area contributed by atoms with Gasteiger partial charge in [-0.2, -0.15) is 0 Å². The van der Waals surface area contributed by atoms with Crippen LogP contribution in [0.2, 0.25) is 0 Å². The van der Waals surface area contributed by atoms with E-state index in [9.17, 15) is 0 Å². The molecule has 0 aliphatic carbocycles. The second-order valence-electron chi connectivity index (χ2n) is 15.7. The number of aromatic nitrogens is 9. The summed E-state index contributed by atoms with van der Waals surface area (Å²) < 4.78 is 7.28. The van der Waals surface area contributed by atoms with Crippen molar-refractivity contribution in [3.63, 3.8) is 0 Å². The van der Waals surface area contributed by atoms with Crippen LogP contribution in [-0.2, 0) is 0 Å². The maximum Gasteiger partial charge on any atom is 0.115 e. The van der Waals surface area contributed by atoms with Crippen LogP contribution in [0.4, 0.5) is 0 Å². The SMILES string of the molecule is c1ccc2c(c1)c1ccccc1n2-c1c(-c2cncnc2)c(-n2c3ccccc3c3ccccc32)c(-c2cncnc2)c(-n2c3ccccc3c3ccccc32)c1-c1cncnc1. The largest absolute Gasteiger partial charge is 0.308 e. The molecule has 63 heavy (non-hydrogen) atoms. The summed E-state index contributed by atoms with van der Waals surface area (Å²) in [5.74, 6) is 0. The summed E-state index contributed by atoms with van der Waals surface area (Å²) in [6.07, 6.45) is 16.3. The molecule has 0 fully saturated rings. The van der Waals surface area contributed by atoms with Gasteiger partial charge in [0.1, 0.15) is 19.0 Å². The summed E-state index contributed by atoms with van der Waals surface area (Å²) in [5.41, 5.74) is 14.3. The molecule has 0 aliphatic heterocycles. The Morgan fingerprint density at radius 1 is 0.238 bits per heavy atom. The van der Waals surface area contributed by atoms with Crippen molar-refractivity contribution in [1.29, 1.82) is 0 Å². The molecular weight excluding hydrogens is 775 g/mol. The van der Waals surface area contributed by atoms with E-state index in [1.165, 1.54) is 0 Å². The molecule has 0 radical (unpaired) electrons. The lowest BCUT2D eigenvalue weighted by Crippen LogP contribution is -2.13. The second kappa shape index (κ2) is 13.9. The van der Waals surface area contributed by atoms with E-state index in [4.69, 9.17) is 29.9 Å². The molecule has 294 valence electrons. The van der Waals surface area contributed by atoms with Gasteiger partial charge in [-0.25, -0.2) is 29.9 Å². The molecule has 9 heteroatoms. The van der Waals surface area contributed by atoms with Gasteiger partial charge in [-0.3, -0.25) is 0 Å². The van der Waals surface area contributed by atoms with E-state index in [0.717, 1.165) is 116 Å². The highest BCUT2D eigenvalue weighted by Gasteiger charge is 2.34. The van der Waals surface area contributed by atoms with Crippen LogP contribution >= 0.6 is 0 Å². The normalized spacial score (nSPS) is 11.8. The summed E-state index contributed by atoms with van der Waals surface area (Å²) in [6.45, 7) is 0. The highest BCUT2D eigenvalue weighted by Crippen LogP contribution is 2.54. The number of hydrogen-bond acceptors (Lipinski definition) is 6. The third-order valence-electron chi connectivity index (χ3n) is 12.4. The van der Waals surface area contributed by atoms with Crippen molar-refractivity contribution in [1.82, 2.24) is 43.6 Å². The summed E-state index contributed by atoms with van der Waals surface area (Å²) in [4.78, 5) is 28.4. The van der Waals surface area contributed by atoms with Gasteiger partial charge in [-0.1, -0.05) is 109 Å². The minimum atomic E-state index is 0.830. The zero-order valence-corrected chi connectivity index (χ0v) is 33.6. The quantitative estimate of drug-likeness (QED) is 0.166. The van der Waals surface area contributed by atoms with Crippen LogP contribution in [0, 0.1) is 0 Å². The third-order valence-corrected chi connectivity index (χ3v) is 12.4. The topological polar surface area (TPSA) is 92.1 Å². The first kappa shape index (κ1) is 35.0. The first-order valence-corrected chi connectivity index (χ1v) is 20.8. The molecule has 0 aliphatic rings. The van der Waals surface area contributed by atoms with Crippen molar-refractivity contribution in [2.75, 3.05) is 0 Å². The summed E-state index contributed by atoms with van der Waals surface area (Å²) >= 11 is 0. The Hall–Kier alpha value is -8.82. The lowest BCUT2D eigenvalue weighted by atomic mass is 9.87. The fourth-order valence-corrected chi connectivity index (χ4v) is 9.98. The van der Waals surface area contributed by atoms with Gasteiger partial charge in [0.2, 0.25) is 0 Å². The second-order valence-corrected chi connectivity index (χ2v) is 15.7. The molecule has 0 atom stereocenters. The lowest BCUT2D eigenvalue weighted by molar-refractivity contribution is 1.08. The fraction of sp³-hybridized carbons (Fsp3) is 0. The predicted octanol–water partition coefficient (Wildman–Crippen LogP) is 12.3. The maximum absolute atomic E-state index is 4.73. The molecule has 0 saturated heterocycles. The number of hydrogen-bond donors (Lipinski definition) is 0. The first-order valence-electron chi connectivity index (χ1n) is 20.8. The average Bonchev–Trinajstić information content (AvgIpc) is 4.00. The molecule has 0 saturated carbocycles. The zero-order chi connectivity index (χ0) is 41.4. The average molecular weight is 808 g/mol. The Morgan fingerprint density at radius 3 is 0.635 bits per heavy atom. The van der Waals surface area contributed by atoms with Gasteiger partial charge < -0.3 is 13.7 Å². The van der Waals surface area contributed by atoms with Gasteiger partial charge in [0.05, 0.1) is 50.2 Å². The van der Waals surface area contributed by atoms with E-state index in [0.29, 0.717) is 0 Å². The van der Waals surface area contributed by atoms with Gasteiger partial charge in [0.25, 0.3) is 0 Å². The minimum Gasteiger partial charge on any atom is -0.308 e. The van der Waals surface area contributed by atoms with Crippen LogP contribution < -0.4 is 0 Å². The van der Waals surface area contributed by atoms with Gasteiger partial charge in [-0.05, 0) is 36.4 Å². The van der Waals surface area contributed by atoms with Crippen molar-refractivity contribution in [3.8, 4) is 50.4 Å². The smallest absolute Gasteiger partial charge is 0.115 e. The number of benzene rings is 7. The van der Waals surface area contributed by atoms with Crippen LogP contribution in [0.25, 0.3) is 116 Å². The van der Waals surface area contributed by atoms with E-state index < -0.39 is 0 Å².